The number of hydrogen-bond donors (Lipinski definition) is 3. The average Bonchev–Trinajstić information content (AvgIpc) is 2.25. The summed E-state index contributed by atoms with van der Waals surface area (Å²) in [5, 5.41) is 12.0. The van der Waals surface area contributed by atoms with Crippen LogP contribution in [0.25, 0.3) is 0 Å². The molecule has 0 aliphatic carbocycles. The van der Waals surface area contributed by atoms with Crippen LogP contribution in [0.5, 0.6) is 0 Å². The highest BCUT2D eigenvalue weighted by Gasteiger charge is 2.17. The minimum Gasteiger partial charge on any atom is -0.397 e. The third-order valence-corrected chi connectivity index (χ3v) is 2.78. The van der Waals surface area contributed by atoms with Crippen LogP contribution in [0, 0.1) is 11.2 Å². The SMILES string of the molecule is CC(C)(CCCO)CNc1ccc(F)cc1N. The van der Waals surface area contributed by atoms with Gasteiger partial charge in [0.15, 0.2) is 0 Å². The molecule has 0 amide bonds. The Morgan fingerprint density at radius 2 is 2.12 bits per heavy atom. The Kier molecular flexibility index (Phi) is 4.75. The van der Waals surface area contributed by atoms with E-state index in [1.54, 1.807) is 6.07 Å². The highest BCUT2D eigenvalue weighted by molar-refractivity contribution is 5.65. The van der Waals surface area contributed by atoms with E-state index in [2.05, 4.69) is 19.2 Å². The van der Waals surface area contributed by atoms with E-state index in [1.165, 1.54) is 12.1 Å². The van der Waals surface area contributed by atoms with Crippen LogP contribution < -0.4 is 11.1 Å². The molecule has 0 saturated carbocycles. The number of nitrogen functional groups attached to an aromatic ring is 1. The lowest BCUT2D eigenvalue weighted by Gasteiger charge is -2.25. The van der Waals surface area contributed by atoms with Crippen LogP contribution >= 0.6 is 0 Å². The lowest BCUT2D eigenvalue weighted by Crippen LogP contribution is -2.23. The van der Waals surface area contributed by atoms with Crippen LogP contribution in [-0.4, -0.2) is 18.3 Å². The largest absolute Gasteiger partial charge is 0.397 e. The molecule has 0 bridgehead atoms. The fourth-order valence-electron chi connectivity index (χ4n) is 1.68. The van der Waals surface area contributed by atoms with Crippen molar-refractivity contribution >= 4 is 11.4 Å². The fourth-order valence-corrected chi connectivity index (χ4v) is 1.68. The minimum atomic E-state index is -0.326. The van der Waals surface area contributed by atoms with Gasteiger partial charge < -0.3 is 16.2 Å². The Morgan fingerprint density at radius 3 is 2.71 bits per heavy atom. The summed E-state index contributed by atoms with van der Waals surface area (Å²) in [6.07, 6.45) is 1.71. The Bertz CT molecular complexity index is 366. The summed E-state index contributed by atoms with van der Waals surface area (Å²) in [6, 6.07) is 4.34. The molecule has 0 atom stereocenters. The monoisotopic (exact) mass is 240 g/mol. The molecule has 0 saturated heterocycles. The van der Waals surface area contributed by atoms with Crippen molar-refractivity contribution in [1.29, 1.82) is 0 Å². The molecule has 4 N–H and O–H groups in total. The van der Waals surface area contributed by atoms with Gasteiger partial charge >= 0.3 is 0 Å². The third kappa shape index (κ3) is 4.61. The standard InChI is InChI=1S/C13H21FN2O/c1-13(2,6-3-7-17)9-16-12-5-4-10(14)8-11(12)15/h4-5,8,16-17H,3,6-7,9,15H2,1-2H3. The summed E-state index contributed by atoms with van der Waals surface area (Å²) < 4.78 is 12.9. The molecule has 0 aromatic heterocycles. The van der Waals surface area contributed by atoms with E-state index >= 15 is 0 Å². The number of rotatable bonds is 6. The van der Waals surface area contributed by atoms with Gasteiger partial charge in [-0.1, -0.05) is 13.8 Å². The second-order valence-corrected chi connectivity index (χ2v) is 5.08. The van der Waals surface area contributed by atoms with E-state index in [4.69, 9.17) is 10.8 Å². The maximum atomic E-state index is 12.9. The zero-order chi connectivity index (χ0) is 12.9. The Balaban J connectivity index is 2.54. The smallest absolute Gasteiger partial charge is 0.125 e. The van der Waals surface area contributed by atoms with Gasteiger partial charge in [-0.2, -0.15) is 0 Å². The number of halogens is 1. The molecule has 17 heavy (non-hydrogen) atoms. The lowest BCUT2D eigenvalue weighted by atomic mass is 9.88. The van der Waals surface area contributed by atoms with Crippen molar-refractivity contribution in [2.45, 2.75) is 26.7 Å². The summed E-state index contributed by atoms with van der Waals surface area (Å²) in [4.78, 5) is 0. The highest BCUT2D eigenvalue weighted by Crippen LogP contribution is 2.25. The predicted molar refractivity (Wildman–Crippen MR) is 69.4 cm³/mol. The molecular weight excluding hydrogens is 219 g/mol. The second-order valence-electron chi connectivity index (χ2n) is 5.08. The van der Waals surface area contributed by atoms with Crippen molar-refractivity contribution in [3.05, 3.63) is 24.0 Å². The molecule has 1 rings (SSSR count). The predicted octanol–water partition coefficient (Wildman–Crippen LogP) is 2.62. The number of hydrogen-bond acceptors (Lipinski definition) is 3. The summed E-state index contributed by atoms with van der Waals surface area (Å²) in [5.74, 6) is -0.326. The molecule has 0 aliphatic heterocycles. The van der Waals surface area contributed by atoms with E-state index in [0.29, 0.717) is 5.69 Å². The zero-order valence-corrected chi connectivity index (χ0v) is 10.5. The van der Waals surface area contributed by atoms with Gasteiger partial charge in [-0.05, 0) is 36.5 Å². The molecule has 0 heterocycles. The van der Waals surface area contributed by atoms with Gasteiger partial charge in [0, 0.05) is 13.2 Å². The Labute approximate surface area is 102 Å². The van der Waals surface area contributed by atoms with Crippen LogP contribution in [0.2, 0.25) is 0 Å². The van der Waals surface area contributed by atoms with Gasteiger partial charge in [0.1, 0.15) is 5.82 Å². The van der Waals surface area contributed by atoms with Crippen molar-refractivity contribution in [1.82, 2.24) is 0 Å². The van der Waals surface area contributed by atoms with E-state index in [0.717, 1.165) is 25.1 Å². The molecule has 0 aliphatic rings. The normalized spacial score (nSPS) is 11.5. The van der Waals surface area contributed by atoms with Gasteiger partial charge in [0.2, 0.25) is 0 Å². The van der Waals surface area contributed by atoms with Crippen molar-refractivity contribution in [3.63, 3.8) is 0 Å². The highest BCUT2D eigenvalue weighted by atomic mass is 19.1. The van der Waals surface area contributed by atoms with Gasteiger partial charge in [0.25, 0.3) is 0 Å². The molecule has 96 valence electrons. The number of nitrogens with two attached hydrogens (primary N) is 1. The summed E-state index contributed by atoms with van der Waals surface area (Å²) in [7, 11) is 0. The summed E-state index contributed by atoms with van der Waals surface area (Å²) >= 11 is 0. The molecule has 4 heteroatoms. The molecule has 1 aromatic carbocycles. The van der Waals surface area contributed by atoms with Crippen LogP contribution in [0.15, 0.2) is 18.2 Å². The molecule has 3 nitrogen and oxygen atoms in total. The van der Waals surface area contributed by atoms with Gasteiger partial charge in [-0.25, -0.2) is 4.39 Å². The number of benzene rings is 1. The van der Waals surface area contributed by atoms with E-state index in [9.17, 15) is 4.39 Å². The van der Waals surface area contributed by atoms with Crippen molar-refractivity contribution in [2.24, 2.45) is 5.41 Å². The minimum absolute atomic E-state index is 0.0730. The van der Waals surface area contributed by atoms with Crippen LogP contribution in [0.1, 0.15) is 26.7 Å². The van der Waals surface area contributed by atoms with E-state index < -0.39 is 0 Å². The maximum absolute atomic E-state index is 12.9. The van der Waals surface area contributed by atoms with Crippen LogP contribution in [0.3, 0.4) is 0 Å². The van der Waals surface area contributed by atoms with Crippen LogP contribution in [0.4, 0.5) is 15.8 Å². The first-order valence-corrected chi connectivity index (χ1v) is 5.84. The molecule has 0 spiro atoms. The van der Waals surface area contributed by atoms with Crippen molar-refractivity contribution in [2.75, 3.05) is 24.2 Å². The fraction of sp³-hybridized carbons (Fsp3) is 0.538. The molecule has 0 radical (unpaired) electrons. The van der Waals surface area contributed by atoms with Crippen molar-refractivity contribution in [3.8, 4) is 0 Å². The first kappa shape index (κ1) is 13.8. The van der Waals surface area contributed by atoms with Crippen LogP contribution in [-0.2, 0) is 0 Å². The summed E-state index contributed by atoms with van der Waals surface area (Å²) in [6.45, 7) is 5.19. The number of nitrogens with one attached hydrogen (secondary N) is 1. The molecule has 0 fully saturated rings. The Morgan fingerprint density at radius 1 is 1.41 bits per heavy atom. The van der Waals surface area contributed by atoms with Gasteiger partial charge in [0.05, 0.1) is 11.4 Å². The second kappa shape index (κ2) is 5.87. The van der Waals surface area contributed by atoms with E-state index in [1.807, 2.05) is 0 Å². The first-order valence-electron chi connectivity index (χ1n) is 5.84. The zero-order valence-electron chi connectivity index (χ0n) is 10.5. The third-order valence-electron chi connectivity index (χ3n) is 2.78. The quantitative estimate of drug-likeness (QED) is 0.670. The summed E-state index contributed by atoms with van der Waals surface area (Å²) in [5.41, 5.74) is 6.95. The van der Waals surface area contributed by atoms with Gasteiger partial charge in [-0.3, -0.25) is 0 Å². The van der Waals surface area contributed by atoms with Gasteiger partial charge in [-0.15, -0.1) is 0 Å². The first-order chi connectivity index (χ1) is 7.94. The number of anilines is 2. The molecular formula is C13H21FN2O. The van der Waals surface area contributed by atoms with Crippen molar-refractivity contribution < 1.29 is 9.50 Å². The molecule has 0 unspecified atom stereocenters. The van der Waals surface area contributed by atoms with E-state index in [-0.39, 0.29) is 17.8 Å². The number of aliphatic hydroxyl groups excluding tert-OH is 1. The lowest BCUT2D eigenvalue weighted by molar-refractivity contribution is 0.248. The molecule has 1 aromatic rings. The topological polar surface area (TPSA) is 58.3 Å². The Hall–Kier alpha value is -1.29. The number of aliphatic hydroxyl groups is 1. The maximum Gasteiger partial charge on any atom is 0.125 e. The average molecular weight is 240 g/mol.